The number of esters is 1. The molecular weight excluding hydrogens is 464 g/mol. The van der Waals surface area contributed by atoms with E-state index in [0.29, 0.717) is 11.3 Å². The molecular formula is C24H24O11. The molecule has 0 amide bonds. The van der Waals surface area contributed by atoms with E-state index in [1.54, 1.807) is 24.3 Å². The Labute approximate surface area is 198 Å². The van der Waals surface area contributed by atoms with Crippen LogP contribution in [0.15, 0.2) is 45.6 Å². The molecule has 4 N–H and O–H groups in total. The topological polar surface area (TPSA) is 165 Å². The van der Waals surface area contributed by atoms with Gasteiger partial charge < -0.3 is 43.8 Å². The van der Waals surface area contributed by atoms with Gasteiger partial charge in [-0.1, -0.05) is 0 Å². The van der Waals surface area contributed by atoms with Crippen LogP contribution < -0.4 is 14.9 Å². The second kappa shape index (κ2) is 9.45. The van der Waals surface area contributed by atoms with Gasteiger partial charge in [0.25, 0.3) is 0 Å². The van der Waals surface area contributed by atoms with Gasteiger partial charge in [-0.25, -0.2) is 0 Å². The second-order valence-corrected chi connectivity index (χ2v) is 8.04. The summed E-state index contributed by atoms with van der Waals surface area (Å²) in [6.07, 6.45) is -6.43. The number of hydrogen-bond acceptors (Lipinski definition) is 11. The summed E-state index contributed by atoms with van der Waals surface area (Å²) in [7, 11) is 1.50. The zero-order valence-electron chi connectivity index (χ0n) is 19.0. The first kappa shape index (κ1) is 24.3. The number of fused-ring (bicyclic) bond motifs is 1. The molecule has 0 saturated carbocycles. The number of phenolic OH excluding ortho intramolecular Hbond substituents is 1. The van der Waals surface area contributed by atoms with E-state index >= 15 is 0 Å². The molecule has 1 fully saturated rings. The van der Waals surface area contributed by atoms with Crippen LogP contribution in [-0.2, 0) is 14.3 Å². The van der Waals surface area contributed by atoms with Crippen molar-refractivity contribution in [2.75, 3.05) is 7.11 Å². The normalized spacial score (nSPS) is 24.2. The number of ether oxygens (including phenoxy) is 4. The molecule has 11 nitrogen and oxygen atoms in total. The van der Waals surface area contributed by atoms with Crippen LogP contribution in [0.5, 0.6) is 23.0 Å². The summed E-state index contributed by atoms with van der Waals surface area (Å²) in [6.45, 7) is 2.69. The molecule has 35 heavy (non-hydrogen) atoms. The molecule has 0 aliphatic carbocycles. The van der Waals surface area contributed by atoms with Crippen molar-refractivity contribution < 1.29 is 48.6 Å². The van der Waals surface area contributed by atoms with Crippen molar-refractivity contribution in [1.82, 2.24) is 0 Å². The van der Waals surface area contributed by atoms with Gasteiger partial charge in [-0.05, 0) is 31.2 Å². The lowest BCUT2D eigenvalue weighted by Gasteiger charge is -2.40. The minimum atomic E-state index is -1.60. The molecule has 3 aromatic rings. The average Bonchev–Trinajstić information content (AvgIpc) is 2.82. The number of aromatic hydroxyl groups is 2. The summed E-state index contributed by atoms with van der Waals surface area (Å²) >= 11 is 0. The minimum absolute atomic E-state index is 0.0566. The Bertz CT molecular complexity index is 1300. The zero-order valence-corrected chi connectivity index (χ0v) is 19.0. The summed E-state index contributed by atoms with van der Waals surface area (Å²) in [6, 6.07) is 8.75. The quantitative estimate of drug-likeness (QED) is 0.386. The van der Waals surface area contributed by atoms with Gasteiger partial charge in [0, 0.05) is 24.6 Å². The predicted molar refractivity (Wildman–Crippen MR) is 120 cm³/mol. The Hall–Kier alpha value is -3.80. The highest BCUT2D eigenvalue weighted by Crippen LogP contribution is 2.36. The standard InChI is InChI=1S/C24H24O11/c1-10-22(33-11(2)25)20(29)21(30)24(32-10)34-14-8-15(26)17-16(9-14)35-23(19(28)18(17)27)12-4-6-13(31-3)7-5-12/h4-10,20-22,24,26,28-30H,1-3H3/t10-,20-,21+,22-,24-/m0/s1. The summed E-state index contributed by atoms with van der Waals surface area (Å²) in [5, 5.41) is 41.4. The smallest absolute Gasteiger partial charge is 0.303 e. The van der Waals surface area contributed by atoms with Crippen molar-refractivity contribution in [2.24, 2.45) is 0 Å². The van der Waals surface area contributed by atoms with E-state index in [0.717, 1.165) is 13.0 Å². The lowest BCUT2D eigenvalue weighted by Crippen LogP contribution is -2.59. The van der Waals surface area contributed by atoms with Crippen LogP contribution >= 0.6 is 0 Å². The number of phenols is 1. The van der Waals surface area contributed by atoms with Crippen LogP contribution in [0.3, 0.4) is 0 Å². The van der Waals surface area contributed by atoms with Gasteiger partial charge in [0.05, 0.1) is 13.2 Å². The Kier molecular flexibility index (Phi) is 6.57. The SMILES string of the molecule is COc1ccc(-c2oc3cc(O[C@@H]4O[C@@H](C)[C@H](OC(C)=O)[C@@H](O)[C@H]4O)cc(O)c3c(=O)c2O)cc1. The van der Waals surface area contributed by atoms with E-state index in [1.807, 2.05) is 0 Å². The van der Waals surface area contributed by atoms with Crippen LogP contribution in [0.4, 0.5) is 0 Å². The van der Waals surface area contributed by atoms with E-state index in [4.69, 9.17) is 23.4 Å². The van der Waals surface area contributed by atoms with Crippen molar-refractivity contribution in [3.8, 4) is 34.3 Å². The third kappa shape index (κ3) is 4.61. The van der Waals surface area contributed by atoms with Crippen molar-refractivity contribution in [3.05, 3.63) is 46.6 Å². The van der Waals surface area contributed by atoms with Crippen LogP contribution in [0.25, 0.3) is 22.3 Å². The van der Waals surface area contributed by atoms with Gasteiger partial charge in [-0.2, -0.15) is 0 Å². The summed E-state index contributed by atoms with van der Waals surface area (Å²) in [4.78, 5) is 24.0. The first-order chi connectivity index (χ1) is 16.6. The third-order valence-electron chi connectivity index (χ3n) is 5.61. The third-order valence-corrected chi connectivity index (χ3v) is 5.61. The summed E-state index contributed by atoms with van der Waals surface area (Å²) in [5.74, 6) is -1.52. The Morgan fingerprint density at radius 3 is 2.34 bits per heavy atom. The molecule has 1 aliphatic rings. The van der Waals surface area contributed by atoms with Crippen LogP contribution in [-0.4, -0.2) is 64.2 Å². The van der Waals surface area contributed by atoms with E-state index in [-0.39, 0.29) is 22.5 Å². The van der Waals surface area contributed by atoms with Crippen molar-refractivity contribution >= 4 is 16.9 Å². The highest BCUT2D eigenvalue weighted by Gasteiger charge is 2.46. The molecule has 4 rings (SSSR count). The number of benzene rings is 2. The zero-order chi connectivity index (χ0) is 25.4. The van der Waals surface area contributed by atoms with Gasteiger partial charge in [-0.15, -0.1) is 0 Å². The molecule has 186 valence electrons. The minimum Gasteiger partial charge on any atom is -0.507 e. The molecule has 0 unspecified atom stereocenters. The molecule has 0 radical (unpaired) electrons. The lowest BCUT2D eigenvalue weighted by atomic mass is 9.99. The molecule has 11 heteroatoms. The molecule has 0 bridgehead atoms. The number of rotatable bonds is 5. The van der Waals surface area contributed by atoms with Crippen molar-refractivity contribution in [2.45, 2.75) is 44.6 Å². The number of methoxy groups -OCH3 is 1. The number of aliphatic hydroxyl groups excluding tert-OH is 2. The van der Waals surface area contributed by atoms with Crippen molar-refractivity contribution in [3.63, 3.8) is 0 Å². The fourth-order valence-corrected chi connectivity index (χ4v) is 3.86. The van der Waals surface area contributed by atoms with Gasteiger partial charge in [0.2, 0.25) is 17.5 Å². The van der Waals surface area contributed by atoms with E-state index in [9.17, 15) is 30.0 Å². The predicted octanol–water partition coefficient (Wildman–Crippen LogP) is 1.66. The maximum Gasteiger partial charge on any atom is 0.303 e. The monoisotopic (exact) mass is 488 g/mol. The van der Waals surface area contributed by atoms with E-state index in [2.05, 4.69) is 0 Å². The highest BCUT2D eigenvalue weighted by atomic mass is 16.7. The number of carbonyl (C=O) groups excluding carboxylic acids is 1. The van der Waals surface area contributed by atoms with E-state index < -0.39 is 53.6 Å². The van der Waals surface area contributed by atoms with Gasteiger partial charge in [-0.3, -0.25) is 9.59 Å². The lowest BCUT2D eigenvalue weighted by molar-refractivity contribution is -0.272. The molecule has 1 saturated heterocycles. The maximum atomic E-state index is 12.8. The Morgan fingerprint density at radius 2 is 1.71 bits per heavy atom. The van der Waals surface area contributed by atoms with Gasteiger partial charge in [0.1, 0.15) is 40.4 Å². The largest absolute Gasteiger partial charge is 0.507 e. The first-order valence-corrected chi connectivity index (χ1v) is 10.6. The number of carbonyl (C=O) groups is 1. The number of aliphatic hydroxyl groups is 2. The average molecular weight is 488 g/mol. The molecule has 5 atom stereocenters. The van der Waals surface area contributed by atoms with E-state index in [1.165, 1.54) is 20.1 Å². The summed E-state index contributed by atoms with van der Waals surface area (Å²) < 4.78 is 27.0. The van der Waals surface area contributed by atoms with Crippen LogP contribution in [0.1, 0.15) is 13.8 Å². The molecule has 2 heterocycles. The second-order valence-electron chi connectivity index (χ2n) is 8.04. The van der Waals surface area contributed by atoms with Gasteiger partial charge in [0.15, 0.2) is 11.9 Å². The molecule has 1 aliphatic heterocycles. The molecule has 1 aromatic heterocycles. The highest BCUT2D eigenvalue weighted by molar-refractivity contribution is 5.88. The first-order valence-electron chi connectivity index (χ1n) is 10.6. The molecule has 0 spiro atoms. The Balaban J connectivity index is 1.68. The fraction of sp³-hybridized carbons (Fsp3) is 0.333. The fourth-order valence-electron chi connectivity index (χ4n) is 3.86. The summed E-state index contributed by atoms with van der Waals surface area (Å²) in [5.41, 5.74) is -0.582. The Morgan fingerprint density at radius 1 is 1.03 bits per heavy atom. The van der Waals surface area contributed by atoms with Crippen LogP contribution in [0, 0.1) is 0 Å². The molecule has 2 aromatic carbocycles. The van der Waals surface area contributed by atoms with Gasteiger partial charge >= 0.3 is 5.97 Å². The van der Waals surface area contributed by atoms with Crippen LogP contribution in [0.2, 0.25) is 0 Å². The maximum absolute atomic E-state index is 12.8. The number of hydrogen-bond donors (Lipinski definition) is 4. The van der Waals surface area contributed by atoms with Crippen molar-refractivity contribution in [1.29, 1.82) is 0 Å².